The van der Waals surface area contributed by atoms with Gasteiger partial charge >= 0.3 is 0 Å². The molecule has 0 rings (SSSR count). The van der Waals surface area contributed by atoms with Crippen molar-refractivity contribution in [3.8, 4) is 0 Å². The third kappa shape index (κ3) is 6.95. The fourth-order valence-corrected chi connectivity index (χ4v) is 1.29. The Hall–Kier alpha value is -0.160. The fourth-order valence-electron chi connectivity index (χ4n) is 1.29. The van der Waals surface area contributed by atoms with E-state index in [1.165, 1.54) is 0 Å². The van der Waals surface area contributed by atoms with Gasteiger partial charge in [0.1, 0.15) is 0 Å². The third-order valence-corrected chi connectivity index (χ3v) is 1.93. The summed E-state index contributed by atoms with van der Waals surface area (Å²) in [5.41, 5.74) is 0. The second-order valence-electron chi connectivity index (χ2n) is 3.68. The molecule has 13 heavy (non-hydrogen) atoms. The van der Waals surface area contributed by atoms with E-state index in [2.05, 4.69) is 48.1 Å². The summed E-state index contributed by atoms with van der Waals surface area (Å²) in [5, 5.41) is 3.13. The molecular weight excluding hydrogens is 164 g/mol. The number of hydrogen-bond donors (Lipinski definition) is 1. The largest absolute Gasteiger partial charge is 0.307 e. The summed E-state index contributed by atoms with van der Waals surface area (Å²) in [4.78, 5) is 6.82. The molecule has 0 aliphatic rings. The quantitative estimate of drug-likeness (QED) is 0.563. The summed E-state index contributed by atoms with van der Waals surface area (Å²) >= 11 is 0. The van der Waals surface area contributed by atoms with Crippen molar-refractivity contribution in [2.24, 2.45) is 0 Å². The van der Waals surface area contributed by atoms with Crippen LogP contribution in [0.25, 0.3) is 0 Å². The number of nitrogens with one attached hydrogen (secondary N) is 1. The van der Waals surface area contributed by atoms with Crippen LogP contribution in [0.5, 0.6) is 0 Å². The van der Waals surface area contributed by atoms with E-state index in [0.717, 1.165) is 26.6 Å². The topological polar surface area (TPSA) is 21.8 Å². The maximum atomic E-state index is 3.13. The van der Waals surface area contributed by atoms with E-state index < -0.39 is 0 Å². The van der Waals surface area contributed by atoms with Gasteiger partial charge < -0.3 is 5.32 Å². The molecule has 0 atom stereocenters. The molecule has 0 heterocycles. The molecule has 4 nitrogen and oxygen atoms in total. The van der Waals surface area contributed by atoms with Crippen LogP contribution in [0.3, 0.4) is 0 Å². The summed E-state index contributed by atoms with van der Waals surface area (Å²) in [5.74, 6) is 0. The average molecular weight is 188 g/mol. The minimum absolute atomic E-state index is 0.931. The molecule has 0 aliphatic carbocycles. The van der Waals surface area contributed by atoms with Gasteiger partial charge in [0.15, 0.2) is 0 Å². The maximum absolute atomic E-state index is 3.13. The molecule has 0 bridgehead atoms. The number of rotatable bonds is 7. The second kappa shape index (κ2) is 7.26. The molecule has 0 saturated heterocycles. The Morgan fingerprint density at radius 1 is 0.923 bits per heavy atom. The Bertz CT molecular complexity index is 118. The van der Waals surface area contributed by atoms with E-state index in [1.807, 2.05) is 7.05 Å². The molecule has 0 aliphatic heterocycles. The van der Waals surface area contributed by atoms with E-state index in [9.17, 15) is 0 Å². The van der Waals surface area contributed by atoms with Crippen LogP contribution < -0.4 is 5.32 Å². The molecule has 1 N–H and O–H groups in total. The van der Waals surface area contributed by atoms with Crippen LogP contribution in [0, 0.1) is 0 Å². The zero-order valence-corrected chi connectivity index (χ0v) is 9.67. The Kier molecular flexibility index (Phi) is 7.17. The SMILES string of the molecule is CCN(C)CN(C)CN(C)CNC. The molecule has 0 spiro atoms. The lowest BCUT2D eigenvalue weighted by molar-refractivity contribution is 0.118. The lowest BCUT2D eigenvalue weighted by Crippen LogP contribution is -2.41. The molecule has 0 fully saturated rings. The van der Waals surface area contributed by atoms with Crippen LogP contribution in [0.15, 0.2) is 0 Å². The van der Waals surface area contributed by atoms with Gasteiger partial charge in [0.2, 0.25) is 0 Å². The first-order valence-corrected chi connectivity index (χ1v) is 4.80. The van der Waals surface area contributed by atoms with Crippen LogP contribution in [-0.4, -0.2) is 69.4 Å². The van der Waals surface area contributed by atoms with Gasteiger partial charge in [-0.1, -0.05) is 6.92 Å². The third-order valence-electron chi connectivity index (χ3n) is 1.93. The molecule has 0 unspecified atom stereocenters. The van der Waals surface area contributed by atoms with E-state index in [4.69, 9.17) is 0 Å². The average Bonchev–Trinajstić information content (AvgIpc) is 2.04. The van der Waals surface area contributed by atoms with Crippen molar-refractivity contribution >= 4 is 0 Å². The van der Waals surface area contributed by atoms with E-state index in [1.54, 1.807) is 0 Å². The van der Waals surface area contributed by atoms with Gasteiger partial charge in [-0.15, -0.1) is 0 Å². The van der Waals surface area contributed by atoms with Crippen LogP contribution in [-0.2, 0) is 0 Å². The Balaban J connectivity index is 3.54. The van der Waals surface area contributed by atoms with Crippen molar-refractivity contribution < 1.29 is 0 Å². The molecule has 0 aromatic carbocycles. The molecule has 80 valence electrons. The van der Waals surface area contributed by atoms with Gasteiger partial charge in [0.05, 0.1) is 13.3 Å². The smallest absolute Gasteiger partial charge is 0.0523 e. The fraction of sp³-hybridized carbons (Fsp3) is 1.00. The van der Waals surface area contributed by atoms with Gasteiger partial charge in [-0.2, -0.15) is 0 Å². The highest BCUT2D eigenvalue weighted by atomic mass is 15.4. The molecule has 0 amide bonds. The van der Waals surface area contributed by atoms with Crippen molar-refractivity contribution in [3.05, 3.63) is 0 Å². The lowest BCUT2D eigenvalue weighted by atomic mass is 10.6. The molecular formula is C9H24N4. The minimum Gasteiger partial charge on any atom is -0.307 e. The van der Waals surface area contributed by atoms with Crippen molar-refractivity contribution in [1.29, 1.82) is 0 Å². The van der Waals surface area contributed by atoms with Crippen LogP contribution in [0.2, 0.25) is 0 Å². The molecule has 0 saturated carbocycles. The van der Waals surface area contributed by atoms with Crippen molar-refractivity contribution in [1.82, 2.24) is 20.0 Å². The second-order valence-corrected chi connectivity index (χ2v) is 3.68. The molecule has 0 radical (unpaired) electrons. The highest BCUT2D eigenvalue weighted by Gasteiger charge is 2.03. The minimum atomic E-state index is 0.931. The van der Waals surface area contributed by atoms with Crippen LogP contribution >= 0.6 is 0 Å². The lowest BCUT2D eigenvalue weighted by Gasteiger charge is -2.27. The van der Waals surface area contributed by atoms with E-state index in [0.29, 0.717) is 0 Å². The summed E-state index contributed by atoms with van der Waals surface area (Å²) in [7, 11) is 8.35. The number of hydrogen-bond acceptors (Lipinski definition) is 4. The van der Waals surface area contributed by atoms with Crippen molar-refractivity contribution in [3.63, 3.8) is 0 Å². The van der Waals surface area contributed by atoms with Crippen molar-refractivity contribution in [2.75, 3.05) is 54.7 Å². The molecule has 0 aromatic rings. The van der Waals surface area contributed by atoms with Crippen molar-refractivity contribution in [2.45, 2.75) is 6.92 Å². The predicted octanol–water partition coefficient (Wildman–Crippen LogP) is -0.106. The van der Waals surface area contributed by atoms with E-state index in [-0.39, 0.29) is 0 Å². The first-order chi connectivity index (χ1) is 6.10. The van der Waals surface area contributed by atoms with E-state index >= 15 is 0 Å². The normalized spacial score (nSPS) is 12.0. The van der Waals surface area contributed by atoms with Gasteiger partial charge in [0.25, 0.3) is 0 Å². The van der Waals surface area contributed by atoms with Crippen LogP contribution in [0.4, 0.5) is 0 Å². The van der Waals surface area contributed by atoms with Gasteiger partial charge in [0, 0.05) is 6.67 Å². The molecule has 4 heteroatoms. The Morgan fingerprint density at radius 2 is 1.46 bits per heavy atom. The van der Waals surface area contributed by atoms with Gasteiger partial charge in [-0.05, 0) is 34.7 Å². The maximum Gasteiger partial charge on any atom is 0.0523 e. The monoisotopic (exact) mass is 188 g/mol. The van der Waals surface area contributed by atoms with Crippen LogP contribution in [0.1, 0.15) is 6.92 Å². The standard InChI is InChI=1S/C9H24N4/c1-6-11(3)8-13(5)9-12(4)7-10-2/h10H,6-9H2,1-5H3. The van der Waals surface area contributed by atoms with Gasteiger partial charge in [-0.25, -0.2) is 0 Å². The Morgan fingerprint density at radius 3 is 1.92 bits per heavy atom. The first-order valence-electron chi connectivity index (χ1n) is 4.80. The highest BCUT2D eigenvalue weighted by molar-refractivity contribution is 4.51. The molecule has 0 aromatic heterocycles. The first kappa shape index (κ1) is 12.8. The highest BCUT2D eigenvalue weighted by Crippen LogP contribution is 1.89. The summed E-state index contributed by atoms with van der Waals surface area (Å²) < 4.78 is 0. The Labute approximate surface area is 82.5 Å². The summed E-state index contributed by atoms with van der Waals surface area (Å²) in [6.45, 7) is 6.21. The summed E-state index contributed by atoms with van der Waals surface area (Å²) in [6.07, 6.45) is 0. The predicted molar refractivity (Wildman–Crippen MR) is 57.5 cm³/mol. The number of nitrogens with zero attached hydrogens (tertiary/aromatic N) is 3. The summed E-state index contributed by atoms with van der Waals surface area (Å²) in [6, 6.07) is 0. The zero-order chi connectivity index (χ0) is 10.3. The zero-order valence-electron chi connectivity index (χ0n) is 9.67. The van der Waals surface area contributed by atoms with Gasteiger partial charge in [-0.3, -0.25) is 14.7 Å².